The predicted octanol–water partition coefficient (Wildman–Crippen LogP) is 7.03. The lowest BCUT2D eigenvalue weighted by atomic mass is 9.60. The van der Waals surface area contributed by atoms with E-state index in [-0.39, 0.29) is 6.10 Å². The third-order valence-electron chi connectivity index (χ3n) is 10.5. The van der Waals surface area contributed by atoms with Gasteiger partial charge in [0.25, 0.3) is 0 Å². The molecular weight excluding hydrogens is 460 g/mol. The number of fused-ring (bicyclic) bond motifs is 1. The van der Waals surface area contributed by atoms with Gasteiger partial charge in [0, 0.05) is 6.42 Å². The van der Waals surface area contributed by atoms with Crippen molar-refractivity contribution < 1.29 is 20.1 Å². The fourth-order valence-electron chi connectivity index (χ4n) is 8.31. The number of allylic oxidation sites excluding steroid dienone is 3. The van der Waals surface area contributed by atoms with E-state index in [2.05, 4.69) is 32.6 Å². The Labute approximate surface area is 226 Å². The van der Waals surface area contributed by atoms with E-state index >= 15 is 0 Å². The van der Waals surface area contributed by atoms with Gasteiger partial charge in [-0.05, 0) is 99.5 Å². The molecule has 0 aromatic carbocycles. The molecule has 0 aliphatic heterocycles. The molecule has 0 unspecified atom stereocenters. The van der Waals surface area contributed by atoms with Gasteiger partial charge in [0.15, 0.2) is 0 Å². The lowest BCUT2D eigenvalue weighted by Crippen LogP contribution is -2.47. The number of aliphatic hydroxyl groups is 3. The highest BCUT2D eigenvalue weighted by Gasteiger charge is 2.50. The van der Waals surface area contributed by atoms with E-state index in [4.69, 9.17) is 4.74 Å². The molecule has 210 valence electrons. The Hall–Kier alpha value is -0.940. The Bertz CT molecular complexity index is 845. The van der Waals surface area contributed by atoms with Crippen molar-refractivity contribution in [2.24, 2.45) is 23.2 Å². The summed E-state index contributed by atoms with van der Waals surface area (Å²) in [7, 11) is 0. The van der Waals surface area contributed by atoms with Crippen molar-refractivity contribution >= 4 is 0 Å². The zero-order valence-corrected chi connectivity index (χ0v) is 24.1. The maximum Gasteiger partial charge on any atom is 0.114 e. The second-order valence-electron chi connectivity index (χ2n) is 13.8. The quantitative estimate of drug-likeness (QED) is 0.325. The number of aliphatic hydroxyl groups excluding tert-OH is 2. The van der Waals surface area contributed by atoms with Crippen LogP contribution in [0.2, 0.25) is 0 Å². The second kappa shape index (κ2) is 12.1. The van der Waals surface area contributed by atoms with Gasteiger partial charge in [-0.2, -0.15) is 0 Å². The summed E-state index contributed by atoms with van der Waals surface area (Å²) in [5, 5.41) is 32.0. The monoisotopic (exact) mass is 514 g/mol. The first-order valence-corrected chi connectivity index (χ1v) is 15.3. The minimum absolute atomic E-state index is 0.149. The molecule has 4 heteroatoms. The summed E-state index contributed by atoms with van der Waals surface area (Å²) in [4.78, 5) is 0. The fourth-order valence-corrected chi connectivity index (χ4v) is 8.31. The van der Waals surface area contributed by atoms with Crippen molar-refractivity contribution in [1.29, 1.82) is 0 Å². The Balaban J connectivity index is 1.41. The topological polar surface area (TPSA) is 69.9 Å². The van der Waals surface area contributed by atoms with Gasteiger partial charge < -0.3 is 20.1 Å². The van der Waals surface area contributed by atoms with Crippen LogP contribution in [-0.2, 0) is 4.74 Å². The lowest BCUT2D eigenvalue weighted by Gasteiger charge is -2.44. The minimum atomic E-state index is -0.840. The SMILES string of the molecule is C=C1C(=CC=C2CCC[C@]3(C)[C@@H]([C@H](C)CCCC(C)(C)O)CC[C@@H]23)C[C@@H](O)[C@@H](OC2CCCCC2)[C@@H]1O. The van der Waals surface area contributed by atoms with Gasteiger partial charge in [0.05, 0.1) is 17.8 Å². The first-order chi connectivity index (χ1) is 17.5. The highest BCUT2D eigenvalue weighted by Crippen LogP contribution is 2.60. The number of hydrogen-bond donors (Lipinski definition) is 3. The molecule has 0 aromatic heterocycles. The summed E-state index contributed by atoms with van der Waals surface area (Å²) in [6.07, 6.45) is 18.1. The largest absolute Gasteiger partial charge is 0.390 e. The molecule has 0 heterocycles. The molecular formula is C33H54O4. The third kappa shape index (κ3) is 6.80. The molecule has 4 fully saturated rings. The van der Waals surface area contributed by atoms with Crippen molar-refractivity contribution in [3.8, 4) is 0 Å². The molecule has 4 nitrogen and oxygen atoms in total. The van der Waals surface area contributed by atoms with Crippen molar-refractivity contribution in [3.63, 3.8) is 0 Å². The number of ether oxygens (including phenoxy) is 1. The molecule has 4 rings (SSSR count). The summed E-state index contributed by atoms with van der Waals surface area (Å²) in [6.45, 7) is 13.0. The van der Waals surface area contributed by atoms with Crippen LogP contribution in [0, 0.1) is 23.2 Å². The summed E-state index contributed by atoms with van der Waals surface area (Å²) in [5.74, 6) is 2.04. The Morgan fingerprint density at radius 1 is 1.08 bits per heavy atom. The van der Waals surface area contributed by atoms with Gasteiger partial charge in [-0.3, -0.25) is 0 Å². The number of hydrogen-bond acceptors (Lipinski definition) is 4. The first-order valence-electron chi connectivity index (χ1n) is 15.3. The Morgan fingerprint density at radius 3 is 2.51 bits per heavy atom. The average molecular weight is 515 g/mol. The van der Waals surface area contributed by atoms with E-state index in [0.29, 0.717) is 29.2 Å². The molecule has 3 N–H and O–H groups in total. The third-order valence-corrected chi connectivity index (χ3v) is 10.5. The molecule has 7 atom stereocenters. The van der Waals surface area contributed by atoms with Crippen LogP contribution in [0.4, 0.5) is 0 Å². The normalized spacial score (nSPS) is 38.8. The van der Waals surface area contributed by atoms with Crippen molar-refractivity contribution in [2.45, 2.75) is 148 Å². The van der Waals surface area contributed by atoms with Gasteiger partial charge in [-0.1, -0.05) is 70.3 Å². The molecule has 0 spiro atoms. The molecule has 0 bridgehead atoms. The van der Waals surface area contributed by atoms with Crippen LogP contribution in [0.25, 0.3) is 0 Å². The summed E-state index contributed by atoms with van der Waals surface area (Å²) < 4.78 is 6.20. The van der Waals surface area contributed by atoms with Crippen molar-refractivity contribution in [1.82, 2.24) is 0 Å². The molecule has 0 saturated heterocycles. The zero-order chi connectivity index (χ0) is 26.8. The zero-order valence-electron chi connectivity index (χ0n) is 24.1. The van der Waals surface area contributed by atoms with E-state index in [0.717, 1.165) is 43.6 Å². The molecule has 0 amide bonds. The van der Waals surface area contributed by atoms with Gasteiger partial charge >= 0.3 is 0 Å². The summed E-state index contributed by atoms with van der Waals surface area (Å²) in [6, 6.07) is 0. The molecule has 4 aliphatic carbocycles. The average Bonchev–Trinajstić information content (AvgIpc) is 3.20. The Morgan fingerprint density at radius 2 is 1.81 bits per heavy atom. The molecule has 0 aromatic rings. The highest BCUT2D eigenvalue weighted by molar-refractivity contribution is 5.40. The van der Waals surface area contributed by atoms with Crippen LogP contribution in [0.5, 0.6) is 0 Å². The van der Waals surface area contributed by atoms with Gasteiger partial charge in [-0.15, -0.1) is 0 Å². The first kappa shape index (κ1) is 29.1. The maximum atomic E-state index is 11.0. The fraction of sp³-hybridized carbons (Fsp3) is 0.818. The molecule has 4 saturated carbocycles. The van der Waals surface area contributed by atoms with Crippen LogP contribution in [0.3, 0.4) is 0 Å². The summed E-state index contributed by atoms with van der Waals surface area (Å²) >= 11 is 0. The van der Waals surface area contributed by atoms with Gasteiger partial charge in [0.2, 0.25) is 0 Å². The van der Waals surface area contributed by atoms with E-state index < -0.39 is 23.9 Å². The molecule has 0 radical (unpaired) electrons. The highest BCUT2D eigenvalue weighted by atomic mass is 16.5. The second-order valence-corrected chi connectivity index (χ2v) is 13.8. The standard InChI is InChI=1S/C33H54O4/c1-22(11-9-19-32(3,4)36)27-17-18-28-24(12-10-20-33(27,28)5)15-16-25-21-29(34)31(30(35)23(25)2)37-26-13-7-6-8-14-26/h15-16,22,26-31,34-36H,2,6-14,17-21H2,1,3-5H3/t22-,27-,28+,29-,30-,31-,33-/m1/s1. The van der Waals surface area contributed by atoms with E-state index in [1.165, 1.54) is 51.4 Å². The van der Waals surface area contributed by atoms with Crippen molar-refractivity contribution in [2.75, 3.05) is 0 Å². The smallest absolute Gasteiger partial charge is 0.114 e. The Kier molecular flexibility index (Phi) is 9.47. The minimum Gasteiger partial charge on any atom is -0.390 e. The van der Waals surface area contributed by atoms with Crippen LogP contribution < -0.4 is 0 Å². The van der Waals surface area contributed by atoms with E-state index in [1.54, 1.807) is 5.57 Å². The van der Waals surface area contributed by atoms with E-state index in [1.807, 2.05) is 13.8 Å². The van der Waals surface area contributed by atoms with Crippen LogP contribution >= 0.6 is 0 Å². The molecule has 37 heavy (non-hydrogen) atoms. The predicted molar refractivity (Wildman–Crippen MR) is 151 cm³/mol. The number of rotatable bonds is 8. The van der Waals surface area contributed by atoms with Gasteiger partial charge in [0.1, 0.15) is 12.2 Å². The lowest BCUT2D eigenvalue weighted by molar-refractivity contribution is -0.131. The van der Waals surface area contributed by atoms with Crippen LogP contribution in [-0.4, -0.2) is 45.3 Å². The van der Waals surface area contributed by atoms with Crippen molar-refractivity contribution in [3.05, 3.63) is 35.5 Å². The summed E-state index contributed by atoms with van der Waals surface area (Å²) in [5.41, 5.74) is 3.01. The van der Waals surface area contributed by atoms with Crippen LogP contribution in [0.1, 0.15) is 118 Å². The van der Waals surface area contributed by atoms with E-state index in [9.17, 15) is 15.3 Å². The molecule has 4 aliphatic rings. The van der Waals surface area contributed by atoms with Crippen LogP contribution in [0.15, 0.2) is 35.5 Å². The maximum absolute atomic E-state index is 11.0. The van der Waals surface area contributed by atoms with Gasteiger partial charge in [-0.25, -0.2) is 0 Å².